The minimum Gasteiger partial charge on any atom is -0.495 e. The second-order valence-corrected chi connectivity index (χ2v) is 11.6. The third kappa shape index (κ3) is 9.27. The molecule has 3 aromatic rings. The molecule has 0 bridgehead atoms. The number of carbonyl (C=O) groups is 2. The molecule has 0 aliphatic carbocycles. The van der Waals surface area contributed by atoms with Crippen LogP contribution in [0.4, 0.5) is 33.5 Å². The number of nitrogens with one attached hydrogen (secondary N) is 3. The van der Waals surface area contributed by atoms with Gasteiger partial charge in [0, 0.05) is 63.3 Å². The van der Waals surface area contributed by atoms with E-state index in [1.807, 2.05) is 12.1 Å². The normalized spacial score (nSPS) is 13.2. The molecule has 0 saturated carbocycles. The summed E-state index contributed by atoms with van der Waals surface area (Å²) in [4.78, 5) is 39.8. The summed E-state index contributed by atoms with van der Waals surface area (Å²) in [5, 5.41) is 9.30. The molecule has 1 aromatic heterocycles. The number of benzene rings is 2. The summed E-state index contributed by atoms with van der Waals surface area (Å²) in [5.74, 6) is 1.56. The highest BCUT2D eigenvalue weighted by atomic mass is 35.5. The van der Waals surface area contributed by atoms with E-state index < -0.39 is 6.03 Å². The number of aromatic nitrogens is 2. The Kier molecular flexibility index (Phi) is 12.9. The zero-order valence-electron chi connectivity index (χ0n) is 26.7. The van der Waals surface area contributed by atoms with Crippen molar-refractivity contribution in [3.05, 3.63) is 52.8 Å². The molecule has 248 valence electrons. The lowest BCUT2D eigenvalue weighted by Crippen LogP contribution is -2.49. The number of anilines is 5. The number of nitrogens with zero attached hydrogens (tertiary/aromatic N) is 5. The lowest BCUT2D eigenvalue weighted by molar-refractivity contribution is -0.122. The fraction of sp³-hybridized carbons (Fsp3) is 0.438. The van der Waals surface area contributed by atoms with Crippen LogP contribution in [-0.2, 0) is 4.79 Å². The summed E-state index contributed by atoms with van der Waals surface area (Å²) in [6.07, 6.45) is 5.98. The maximum Gasteiger partial charge on any atom is 0.327 e. The number of hydrogen-bond acceptors (Lipinski definition) is 9. The van der Waals surface area contributed by atoms with Crippen LogP contribution in [-0.4, -0.2) is 87.3 Å². The summed E-state index contributed by atoms with van der Waals surface area (Å²) in [6.45, 7) is 6.74. The summed E-state index contributed by atoms with van der Waals surface area (Å²) >= 11 is 12.8. The Hall–Kier alpha value is -4.00. The number of piperazine rings is 1. The van der Waals surface area contributed by atoms with E-state index in [2.05, 4.69) is 54.8 Å². The van der Waals surface area contributed by atoms with E-state index in [9.17, 15) is 9.59 Å². The van der Waals surface area contributed by atoms with E-state index in [4.69, 9.17) is 32.7 Å². The van der Waals surface area contributed by atoms with Gasteiger partial charge in [-0.05, 0) is 30.7 Å². The summed E-state index contributed by atoms with van der Waals surface area (Å²) in [6, 6.07) is 10.7. The summed E-state index contributed by atoms with van der Waals surface area (Å²) in [7, 11) is 4.48. The number of carbonyl (C=O) groups excluding carboxylic acids is 2. The first-order valence-electron chi connectivity index (χ1n) is 15.3. The topological polar surface area (TPSA) is 124 Å². The molecule has 0 atom stereocenters. The molecule has 0 spiro atoms. The van der Waals surface area contributed by atoms with Crippen LogP contribution in [0.25, 0.3) is 0 Å². The van der Waals surface area contributed by atoms with Gasteiger partial charge >= 0.3 is 6.03 Å². The Bertz CT molecular complexity index is 1440. The van der Waals surface area contributed by atoms with Gasteiger partial charge in [-0.3, -0.25) is 14.6 Å². The first-order chi connectivity index (χ1) is 22.2. The monoisotopic (exact) mass is 672 g/mol. The molecule has 1 fully saturated rings. The van der Waals surface area contributed by atoms with Gasteiger partial charge in [-0.1, -0.05) is 49.4 Å². The van der Waals surface area contributed by atoms with E-state index in [-0.39, 0.29) is 21.6 Å². The minimum atomic E-state index is -0.531. The number of unbranched alkanes of at least 4 members (excludes halogenated alkanes) is 3. The molecule has 3 N–H and O–H groups in total. The predicted octanol–water partition coefficient (Wildman–Crippen LogP) is 6.03. The third-order valence-corrected chi connectivity index (χ3v) is 8.45. The zero-order valence-corrected chi connectivity index (χ0v) is 28.2. The van der Waals surface area contributed by atoms with Crippen LogP contribution in [0.1, 0.15) is 32.6 Å². The highest BCUT2D eigenvalue weighted by Gasteiger charge is 2.22. The number of urea groups is 1. The van der Waals surface area contributed by atoms with Crippen molar-refractivity contribution in [2.45, 2.75) is 32.6 Å². The van der Waals surface area contributed by atoms with Crippen LogP contribution < -0.4 is 35.2 Å². The Morgan fingerprint density at radius 1 is 0.935 bits per heavy atom. The molecule has 1 aliphatic heterocycles. The van der Waals surface area contributed by atoms with Crippen molar-refractivity contribution < 1.29 is 19.1 Å². The lowest BCUT2D eigenvalue weighted by Gasteiger charge is -2.35. The average molecular weight is 674 g/mol. The number of rotatable bonds is 14. The first-order valence-corrected chi connectivity index (χ1v) is 16.1. The van der Waals surface area contributed by atoms with Crippen LogP contribution in [0.15, 0.2) is 42.7 Å². The van der Waals surface area contributed by atoms with Crippen molar-refractivity contribution >= 4 is 63.8 Å². The number of ether oxygens (including phenoxy) is 2. The van der Waals surface area contributed by atoms with Gasteiger partial charge in [0.1, 0.15) is 39.5 Å². The molecule has 1 saturated heterocycles. The van der Waals surface area contributed by atoms with Crippen LogP contribution in [0.5, 0.6) is 11.5 Å². The molecule has 4 rings (SSSR count). The highest BCUT2D eigenvalue weighted by Crippen LogP contribution is 2.44. The first kappa shape index (κ1) is 34.9. The van der Waals surface area contributed by atoms with Crippen LogP contribution >= 0.6 is 23.2 Å². The minimum absolute atomic E-state index is 0.103. The largest absolute Gasteiger partial charge is 0.495 e. The van der Waals surface area contributed by atoms with E-state index >= 15 is 0 Å². The number of hydrogen-bond donors (Lipinski definition) is 3. The van der Waals surface area contributed by atoms with E-state index in [0.29, 0.717) is 29.7 Å². The average Bonchev–Trinajstić information content (AvgIpc) is 3.07. The Labute approximate surface area is 280 Å². The summed E-state index contributed by atoms with van der Waals surface area (Å²) in [5.41, 5.74) is 2.09. The number of halogens is 2. The van der Waals surface area contributed by atoms with Gasteiger partial charge in [0.05, 0.1) is 26.5 Å². The van der Waals surface area contributed by atoms with Gasteiger partial charge < -0.3 is 30.3 Å². The highest BCUT2D eigenvalue weighted by molar-refractivity contribution is 6.41. The van der Waals surface area contributed by atoms with Crippen LogP contribution in [0.2, 0.25) is 10.0 Å². The molecular formula is C32H42Cl2N8O4. The maximum atomic E-state index is 13.1. The van der Waals surface area contributed by atoms with Crippen molar-refractivity contribution in [1.29, 1.82) is 0 Å². The SMILES string of the molecule is CCCCCCNC(=O)CN1CCN(c2ccc(Nc3cc(N(C)C(=O)Nc4c(Cl)c(OC)cc(OC)c4Cl)ncn3)cc2)CC1. The van der Waals surface area contributed by atoms with Gasteiger partial charge in [-0.15, -0.1) is 0 Å². The number of amides is 3. The summed E-state index contributed by atoms with van der Waals surface area (Å²) < 4.78 is 10.6. The molecule has 12 nitrogen and oxygen atoms in total. The number of methoxy groups -OCH3 is 2. The van der Waals surface area contributed by atoms with Gasteiger partial charge in [0.25, 0.3) is 0 Å². The smallest absolute Gasteiger partial charge is 0.327 e. The molecule has 0 unspecified atom stereocenters. The van der Waals surface area contributed by atoms with Crippen molar-refractivity contribution in [2.75, 3.05) is 81.0 Å². The van der Waals surface area contributed by atoms with E-state index in [1.165, 1.54) is 38.3 Å². The quantitative estimate of drug-likeness (QED) is 0.176. The van der Waals surface area contributed by atoms with E-state index in [1.54, 1.807) is 19.2 Å². The lowest BCUT2D eigenvalue weighted by atomic mass is 10.2. The standard InChI is InChI=1S/C32H42Cl2N8O4/c1-5-6-7-8-13-35-28(43)20-41-14-16-42(17-15-41)23-11-9-22(10-12-23)38-26-19-27(37-21-36-26)40(2)32(44)39-31-29(33)24(45-3)18-25(46-4)30(31)34/h9-12,18-19,21H,5-8,13-17,20H2,1-4H3,(H,35,43)(H,39,44)(H,36,37,38). The van der Waals surface area contributed by atoms with Crippen molar-refractivity contribution in [1.82, 2.24) is 20.2 Å². The van der Waals surface area contributed by atoms with Crippen LogP contribution in [0.3, 0.4) is 0 Å². The molecule has 0 radical (unpaired) electrons. The predicted molar refractivity (Wildman–Crippen MR) is 185 cm³/mol. The molecular weight excluding hydrogens is 631 g/mol. The zero-order chi connectivity index (χ0) is 33.1. The molecule has 46 heavy (non-hydrogen) atoms. The second-order valence-electron chi connectivity index (χ2n) is 10.9. The van der Waals surface area contributed by atoms with Gasteiger partial charge in [0.15, 0.2) is 0 Å². The van der Waals surface area contributed by atoms with E-state index in [0.717, 1.165) is 56.9 Å². The Balaban J connectivity index is 1.30. The third-order valence-electron chi connectivity index (χ3n) is 7.70. The Morgan fingerprint density at radius 3 is 2.24 bits per heavy atom. The second kappa shape index (κ2) is 17.1. The van der Waals surface area contributed by atoms with Gasteiger partial charge in [-0.25, -0.2) is 14.8 Å². The van der Waals surface area contributed by atoms with Crippen molar-refractivity contribution in [2.24, 2.45) is 0 Å². The van der Waals surface area contributed by atoms with Crippen molar-refractivity contribution in [3.8, 4) is 11.5 Å². The molecule has 2 heterocycles. The molecule has 1 aliphatic rings. The van der Waals surface area contributed by atoms with Gasteiger partial charge in [-0.2, -0.15) is 0 Å². The Morgan fingerprint density at radius 2 is 1.61 bits per heavy atom. The fourth-order valence-electron chi connectivity index (χ4n) is 5.00. The maximum absolute atomic E-state index is 13.1. The molecule has 14 heteroatoms. The fourth-order valence-corrected chi connectivity index (χ4v) is 5.59. The molecule has 3 amide bonds. The van der Waals surface area contributed by atoms with Crippen molar-refractivity contribution in [3.63, 3.8) is 0 Å². The molecule has 2 aromatic carbocycles. The van der Waals surface area contributed by atoms with Gasteiger partial charge in [0.2, 0.25) is 5.91 Å². The van der Waals surface area contributed by atoms with Crippen LogP contribution in [0, 0.1) is 0 Å².